The largest absolute Gasteiger partial charge is 0.372 e. The lowest BCUT2D eigenvalue weighted by Gasteiger charge is -2.32. The van der Waals surface area contributed by atoms with Crippen LogP contribution in [0.5, 0.6) is 0 Å². The summed E-state index contributed by atoms with van der Waals surface area (Å²) in [4.78, 5) is 14.5. The third kappa shape index (κ3) is 3.56. The maximum Gasteiger partial charge on any atom is 0.241 e. The van der Waals surface area contributed by atoms with Crippen LogP contribution in [0.25, 0.3) is 0 Å². The Hall–Kier alpha value is -1.55. The van der Waals surface area contributed by atoms with Crippen molar-refractivity contribution in [1.82, 2.24) is 5.32 Å². The number of carbonyl (C=O) groups is 1. The third-order valence-electron chi connectivity index (χ3n) is 4.66. The Morgan fingerprint density at radius 3 is 2.52 bits per heavy atom. The SMILES string of the molecule is CC1CCN(c2ccc(NC(=O)C3CCCN3)cc2)CC1. The van der Waals surface area contributed by atoms with E-state index in [0.717, 1.165) is 44.1 Å². The van der Waals surface area contributed by atoms with E-state index in [1.165, 1.54) is 18.5 Å². The summed E-state index contributed by atoms with van der Waals surface area (Å²) in [5.41, 5.74) is 2.15. The fourth-order valence-electron chi connectivity index (χ4n) is 3.16. The minimum Gasteiger partial charge on any atom is -0.372 e. The summed E-state index contributed by atoms with van der Waals surface area (Å²) in [5.74, 6) is 0.936. The van der Waals surface area contributed by atoms with Gasteiger partial charge < -0.3 is 15.5 Å². The minimum absolute atomic E-state index is 0.0201. The minimum atomic E-state index is -0.0201. The second-order valence-electron chi connectivity index (χ2n) is 6.35. The second kappa shape index (κ2) is 6.48. The molecule has 1 amide bonds. The number of piperidine rings is 1. The third-order valence-corrected chi connectivity index (χ3v) is 4.66. The molecule has 2 aliphatic rings. The molecular formula is C17H25N3O. The molecule has 0 bridgehead atoms. The Balaban J connectivity index is 1.57. The van der Waals surface area contributed by atoms with Gasteiger partial charge in [-0.25, -0.2) is 0 Å². The van der Waals surface area contributed by atoms with Crippen molar-refractivity contribution in [2.75, 3.05) is 29.9 Å². The zero-order valence-electron chi connectivity index (χ0n) is 12.8. The van der Waals surface area contributed by atoms with Gasteiger partial charge in [0.2, 0.25) is 5.91 Å². The van der Waals surface area contributed by atoms with Gasteiger partial charge in [-0.1, -0.05) is 6.92 Å². The summed E-state index contributed by atoms with van der Waals surface area (Å²) in [6.45, 7) is 5.55. The van der Waals surface area contributed by atoms with Gasteiger partial charge in [0.15, 0.2) is 0 Å². The average molecular weight is 287 g/mol. The van der Waals surface area contributed by atoms with Crippen LogP contribution in [-0.2, 0) is 4.79 Å². The molecule has 3 rings (SSSR count). The van der Waals surface area contributed by atoms with Crippen molar-refractivity contribution < 1.29 is 4.79 Å². The summed E-state index contributed by atoms with van der Waals surface area (Å²) in [6.07, 6.45) is 4.57. The number of nitrogens with one attached hydrogen (secondary N) is 2. The lowest BCUT2D eigenvalue weighted by atomic mass is 9.99. The van der Waals surface area contributed by atoms with E-state index >= 15 is 0 Å². The number of carbonyl (C=O) groups excluding carboxylic acids is 1. The molecular weight excluding hydrogens is 262 g/mol. The Morgan fingerprint density at radius 1 is 1.19 bits per heavy atom. The number of benzene rings is 1. The fraction of sp³-hybridized carbons (Fsp3) is 0.588. The number of nitrogens with zero attached hydrogens (tertiary/aromatic N) is 1. The molecule has 4 nitrogen and oxygen atoms in total. The van der Waals surface area contributed by atoms with Crippen LogP contribution < -0.4 is 15.5 Å². The van der Waals surface area contributed by atoms with Crippen molar-refractivity contribution >= 4 is 17.3 Å². The average Bonchev–Trinajstić information content (AvgIpc) is 3.03. The standard InChI is InChI=1S/C17H25N3O/c1-13-8-11-20(12-9-13)15-6-4-14(5-7-15)19-17(21)16-3-2-10-18-16/h4-7,13,16,18H,2-3,8-12H2,1H3,(H,19,21). The van der Waals surface area contributed by atoms with Crippen LogP contribution >= 0.6 is 0 Å². The van der Waals surface area contributed by atoms with E-state index in [4.69, 9.17) is 0 Å². The summed E-state index contributed by atoms with van der Waals surface area (Å²) < 4.78 is 0. The number of rotatable bonds is 3. The highest BCUT2D eigenvalue weighted by molar-refractivity contribution is 5.95. The van der Waals surface area contributed by atoms with Crippen molar-refractivity contribution in [3.05, 3.63) is 24.3 Å². The van der Waals surface area contributed by atoms with Crippen LogP contribution in [0.15, 0.2) is 24.3 Å². The molecule has 2 fully saturated rings. The Bertz CT molecular complexity index is 471. The summed E-state index contributed by atoms with van der Waals surface area (Å²) in [5, 5.41) is 6.22. The van der Waals surface area contributed by atoms with Crippen molar-refractivity contribution in [3.63, 3.8) is 0 Å². The molecule has 1 unspecified atom stereocenters. The first-order chi connectivity index (χ1) is 10.2. The normalized spacial score (nSPS) is 23.3. The Kier molecular flexibility index (Phi) is 4.44. The summed E-state index contributed by atoms with van der Waals surface area (Å²) in [7, 11) is 0. The van der Waals surface area contributed by atoms with Gasteiger partial charge in [-0.3, -0.25) is 4.79 Å². The van der Waals surface area contributed by atoms with Gasteiger partial charge in [-0.2, -0.15) is 0 Å². The van der Waals surface area contributed by atoms with Gasteiger partial charge in [0.25, 0.3) is 0 Å². The maximum atomic E-state index is 12.1. The number of anilines is 2. The Labute approximate surface area is 126 Å². The summed E-state index contributed by atoms with van der Waals surface area (Å²) >= 11 is 0. The number of hydrogen-bond acceptors (Lipinski definition) is 3. The molecule has 1 aromatic rings. The zero-order valence-corrected chi connectivity index (χ0v) is 12.8. The molecule has 4 heteroatoms. The molecule has 21 heavy (non-hydrogen) atoms. The number of hydrogen-bond donors (Lipinski definition) is 2. The molecule has 2 N–H and O–H groups in total. The van der Waals surface area contributed by atoms with Gasteiger partial charge >= 0.3 is 0 Å². The molecule has 0 radical (unpaired) electrons. The molecule has 114 valence electrons. The number of amides is 1. The van der Waals surface area contributed by atoms with Gasteiger partial charge in [0.05, 0.1) is 6.04 Å². The maximum absolute atomic E-state index is 12.1. The lowest BCUT2D eigenvalue weighted by molar-refractivity contribution is -0.117. The van der Waals surface area contributed by atoms with Crippen LogP contribution in [0.4, 0.5) is 11.4 Å². The molecule has 2 aliphatic heterocycles. The van der Waals surface area contributed by atoms with E-state index in [1.807, 2.05) is 12.1 Å². The highest BCUT2D eigenvalue weighted by atomic mass is 16.2. The van der Waals surface area contributed by atoms with Crippen LogP contribution in [0.3, 0.4) is 0 Å². The van der Waals surface area contributed by atoms with Gasteiger partial charge in [0, 0.05) is 24.5 Å². The molecule has 2 heterocycles. The van der Waals surface area contributed by atoms with Crippen molar-refractivity contribution in [2.24, 2.45) is 5.92 Å². The predicted molar refractivity (Wildman–Crippen MR) is 86.7 cm³/mol. The van der Waals surface area contributed by atoms with Crippen LogP contribution in [0.2, 0.25) is 0 Å². The lowest BCUT2D eigenvalue weighted by Crippen LogP contribution is -2.35. The molecule has 1 aromatic carbocycles. The highest BCUT2D eigenvalue weighted by Gasteiger charge is 2.22. The predicted octanol–water partition coefficient (Wildman–Crippen LogP) is 2.61. The first kappa shape index (κ1) is 14.4. The topological polar surface area (TPSA) is 44.4 Å². The van der Waals surface area contributed by atoms with Crippen LogP contribution in [0.1, 0.15) is 32.6 Å². The van der Waals surface area contributed by atoms with E-state index in [0.29, 0.717) is 0 Å². The van der Waals surface area contributed by atoms with Gasteiger partial charge in [-0.05, 0) is 62.4 Å². The molecule has 0 saturated carbocycles. The van der Waals surface area contributed by atoms with Crippen LogP contribution in [-0.4, -0.2) is 31.6 Å². The van der Waals surface area contributed by atoms with E-state index in [1.54, 1.807) is 0 Å². The fourth-order valence-corrected chi connectivity index (χ4v) is 3.16. The summed E-state index contributed by atoms with van der Waals surface area (Å²) in [6, 6.07) is 8.25. The first-order valence-corrected chi connectivity index (χ1v) is 8.11. The molecule has 2 saturated heterocycles. The van der Waals surface area contributed by atoms with Crippen molar-refractivity contribution in [1.29, 1.82) is 0 Å². The monoisotopic (exact) mass is 287 g/mol. The second-order valence-corrected chi connectivity index (χ2v) is 6.35. The highest BCUT2D eigenvalue weighted by Crippen LogP contribution is 2.24. The smallest absolute Gasteiger partial charge is 0.241 e. The van der Waals surface area contributed by atoms with E-state index in [2.05, 4.69) is 34.6 Å². The molecule has 0 aliphatic carbocycles. The first-order valence-electron chi connectivity index (χ1n) is 8.11. The molecule has 0 spiro atoms. The van der Waals surface area contributed by atoms with E-state index in [-0.39, 0.29) is 11.9 Å². The van der Waals surface area contributed by atoms with E-state index < -0.39 is 0 Å². The van der Waals surface area contributed by atoms with Crippen LogP contribution in [0, 0.1) is 5.92 Å². The van der Waals surface area contributed by atoms with Crippen molar-refractivity contribution in [3.8, 4) is 0 Å². The quantitative estimate of drug-likeness (QED) is 0.898. The zero-order chi connectivity index (χ0) is 14.7. The van der Waals surface area contributed by atoms with E-state index in [9.17, 15) is 4.79 Å². The Morgan fingerprint density at radius 2 is 1.90 bits per heavy atom. The molecule has 0 aromatic heterocycles. The molecule has 1 atom stereocenters. The van der Waals surface area contributed by atoms with Gasteiger partial charge in [-0.15, -0.1) is 0 Å². The van der Waals surface area contributed by atoms with Crippen molar-refractivity contribution in [2.45, 2.75) is 38.6 Å². The van der Waals surface area contributed by atoms with Gasteiger partial charge in [0.1, 0.15) is 0 Å².